The molecule has 0 bridgehead atoms. The van der Waals surface area contributed by atoms with Gasteiger partial charge in [-0.15, -0.1) is 0 Å². The lowest BCUT2D eigenvalue weighted by molar-refractivity contribution is 0.370. The molecule has 1 heterocycles. The van der Waals surface area contributed by atoms with Gasteiger partial charge >= 0.3 is 0 Å². The van der Waals surface area contributed by atoms with Crippen molar-refractivity contribution in [2.75, 3.05) is 7.11 Å². The van der Waals surface area contributed by atoms with Crippen LogP contribution in [-0.2, 0) is 0 Å². The number of nitrogens with zero attached hydrogens (tertiary/aromatic N) is 1. The van der Waals surface area contributed by atoms with Gasteiger partial charge in [-0.05, 0) is 47.1 Å². The largest absolute Gasteiger partial charge is 0.504 e. The number of phenols is 1. The average Bonchev–Trinajstić information content (AvgIpc) is 2.75. The number of rotatable bonds is 3. The van der Waals surface area contributed by atoms with E-state index in [9.17, 15) is 5.11 Å². The predicted molar refractivity (Wildman–Crippen MR) is 72.5 cm³/mol. The fraction of sp³-hybridized carbons (Fsp3) is 0.154. The molecule has 0 unspecified atom stereocenters. The molecule has 1 N–H and O–H groups in total. The van der Waals surface area contributed by atoms with Gasteiger partial charge in [-0.1, -0.05) is 5.16 Å². The second-order valence-electron chi connectivity index (χ2n) is 3.72. The molecule has 0 aliphatic rings. The van der Waals surface area contributed by atoms with Crippen molar-refractivity contribution in [3.05, 3.63) is 39.7 Å². The Bertz CT molecular complexity index is 590. The molecule has 0 saturated heterocycles. The first-order chi connectivity index (χ1) is 8.61. The molecule has 5 heteroatoms. The van der Waals surface area contributed by atoms with E-state index in [2.05, 4.69) is 21.1 Å². The minimum atomic E-state index is 0.0827. The summed E-state index contributed by atoms with van der Waals surface area (Å²) in [4.78, 5) is 0. The highest BCUT2D eigenvalue weighted by molar-refractivity contribution is 9.10. The summed E-state index contributed by atoms with van der Waals surface area (Å²) in [5, 5.41) is 13.8. The van der Waals surface area contributed by atoms with Crippen molar-refractivity contribution in [2.24, 2.45) is 0 Å². The first-order valence-electron chi connectivity index (χ1n) is 5.28. The quantitative estimate of drug-likeness (QED) is 0.940. The van der Waals surface area contributed by atoms with E-state index in [1.54, 1.807) is 18.2 Å². The number of ether oxygens (including phenoxy) is 1. The monoisotopic (exact) mass is 309 g/mol. The molecule has 0 fully saturated rings. The zero-order valence-corrected chi connectivity index (χ0v) is 11.6. The minimum absolute atomic E-state index is 0.0827. The smallest absolute Gasteiger partial charge is 0.175 e. The molecule has 18 heavy (non-hydrogen) atoms. The van der Waals surface area contributed by atoms with E-state index in [1.807, 2.05) is 19.1 Å². The molecule has 1 aromatic heterocycles. The molecular formula is C13H12BrNO3. The van der Waals surface area contributed by atoms with Crippen LogP contribution in [0.4, 0.5) is 0 Å². The highest BCUT2D eigenvalue weighted by Crippen LogP contribution is 2.37. The lowest BCUT2D eigenvalue weighted by atomic mass is 10.1. The van der Waals surface area contributed by atoms with Gasteiger partial charge in [-0.25, -0.2) is 0 Å². The van der Waals surface area contributed by atoms with Gasteiger partial charge in [-0.3, -0.25) is 0 Å². The number of hydrogen-bond donors (Lipinski definition) is 1. The van der Waals surface area contributed by atoms with Crippen molar-refractivity contribution in [3.8, 4) is 11.5 Å². The summed E-state index contributed by atoms with van der Waals surface area (Å²) in [6, 6.07) is 5.40. The van der Waals surface area contributed by atoms with E-state index in [4.69, 9.17) is 9.26 Å². The summed E-state index contributed by atoms with van der Waals surface area (Å²) in [5.74, 6) is 1.12. The van der Waals surface area contributed by atoms with Gasteiger partial charge in [0.25, 0.3) is 0 Å². The summed E-state index contributed by atoms with van der Waals surface area (Å²) in [5.41, 5.74) is 1.45. The molecule has 0 radical (unpaired) electrons. The van der Waals surface area contributed by atoms with Crippen LogP contribution in [0.25, 0.3) is 12.2 Å². The fourth-order valence-corrected chi connectivity index (χ4v) is 2.01. The Morgan fingerprint density at radius 2 is 2.17 bits per heavy atom. The highest BCUT2D eigenvalue weighted by atomic mass is 79.9. The number of aromatic hydroxyl groups is 1. The molecule has 2 aromatic rings. The van der Waals surface area contributed by atoms with E-state index in [0.29, 0.717) is 21.5 Å². The number of hydrogen-bond acceptors (Lipinski definition) is 4. The second kappa shape index (κ2) is 5.27. The van der Waals surface area contributed by atoms with Gasteiger partial charge in [-0.2, -0.15) is 0 Å². The number of methoxy groups -OCH3 is 1. The Labute approximate surface area is 113 Å². The molecular weight excluding hydrogens is 298 g/mol. The van der Waals surface area contributed by atoms with E-state index in [0.717, 1.165) is 5.69 Å². The van der Waals surface area contributed by atoms with Crippen molar-refractivity contribution >= 4 is 28.1 Å². The first kappa shape index (κ1) is 12.7. The maximum atomic E-state index is 10.0. The van der Waals surface area contributed by atoms with E-state index < -0.39 is 0 Å². The fourth-order valence-electron chi connectivity index (χ4n) is 1.52. The zero-order chi connectivity index (χ0) is 13.1. The van der Waals surface area contributed by atoms with Crippen LogP contribution in [0.5, 0.6) is 11.5 Å². The highest BCUT2D eigenvalue weighted by Gasteiger charge is 2.09. The van der Waals surface area contributed by atoms with Gasteiger partial charge in [0, 0.05) is 11.6 Å². The van der Waals surface area contributed by atoms with Gasteiger partial charge in [0.1, 0.15) is 0 Å². The van der Waals surface area contributed by atoms with Crippen LogP contribution in [0.2, 0.25) is 0 Å². The standard InChI is InChI=1S/C13H12BrNO3/c1-8-7-10(18-15-8)5-3-9-4-6-11(14)13(17-2)12(9)16/h3-7,16H,1-2H3/b5-3+. The third-order valence-corrected chi connectivity index (χ3v) is 3.02. The average molecular weight is 310 g/mol. The molecule has 0 amide bonds. The van der Waals surface area contributed by atoms with Gasteiger partial charge in [0.2, 0.25) is 0 Å². The van der Waals surface area contributed by atoms with E-state index >= 15 is 0 Å². The summed E-state index contributed by atoms with van der Waals surface area (Å²) >= 11 is 3.30. The Hall–Kier alpha value is -1.75. The maximum Gasteiger partial charge on any atom is 0.175 e. The molecule has 4 nitrogen and oxygen atoms in total. The Balaban J connectivity index is 2.32. The molecule has 2 rings (SSSR count). The molecule has 1 aromatic carbocycles. The lowest BCUT2D eigenvalue weighted by Crippen LogP contribution is -1.87. The first-order valence-corrected chi connectivity index (χ1v) is 6.08. The number of aromatic nitrogens is 1. The molecule has 0 aliphatic heterocycles. The van der Waals surface area contributed by atoms with Crippen LogP contribution in [0.15, 0.2) is 27.2 Å². The number of benzene rings is 1. The topological polar surface area (TPSA) is 55.5 Å². The SMILES string of the molecule is COc1c(Br)ccc(/C=C/c2cc(C)no2)c1O. The second-order valence-corrected chi connectivity index (χ2v) is 4.58. The number of halogens is 1. The van der Waals surface area contributed by atoms with Crippen LogP contribution in [0, 0.1) is 6.92 Å². The van der Waals surface area contributed by atoms with Crippen molar-refractivity contribution < 1.29 is 14.4 Å². The summed E-state index contributed by atoms with van der Waals surface area (Å²) < 4.78 is 10.9. The van der Waals surface area contributed by atoms with Crippen LogP contribution in [0.3, 0.4) is 0 Å². The van der Waals surface area contributed by atoms with E-state index in [1.165, 1.54) is 7.11 Å². The Morgan fingerprint density at radius 1 is 1.39 bits per heavy atom. The van der Waals surface area contributed by atoms with Gasteiger partial charge in [0.05, 0.1) is 17.3 Å². The lowest BCUT2D eigenvalue weighted by Gasteiger charge is -2.07. The Kier molecular flexibility index (Phi) is 3.72. The minimum Gasteiger partial charge on any atom is -0.504 e. The van der Waals surface area contributed by atoms with Gasteiger partial charge in [0.15, 0.2) is 17.3 Å². The summed E-state index contributed by atoms with van der Waals surface area (Å²) in [6.45, 7) is 1.85. The summed E-state index contributed by atoms with van der Waals surface area (Å²) in [7, 11) is 1.51. The van der Waals surface area contributed by atoms with Crippen molar-refractivity contribution in [1.82, 2.24) is 5.16 Å². The van der Waals surface area contributed by atoms with Crippen molar-refractivity contribution in [2.45, 2.75) is 6.92 Å². The van der Waals surface area contributed by atoms with Crippen LogP contribution < -0.4 is 4.74 Å². The van der Waals surface area contributed by atoms with Crippen molar-refractivity contribution in [3.63, 3.8) is 0 Å². The molecule has 0 saturated carbocycles. The number of phenolic OH excluding ortho intramolecular Hbond substituents is 1. The zero-order valence-electron chi connectivity index (χ0n) is 9.98. The Morgan fingerprint density at radius 3 is 2.78 bits per heavy atom. The van der Waals surface area contributed by atoms with Crippen LogP contribution in [-0.4, -0.2) is 17.4 Å². The molecule has 0 spiro atoms. The normalized spacial score (nSPS) is 11.1. The predicted octanol–water partition coefficient (Wildman–Crippen LogP) is 3.63. The van der Waals surface area contributed by atoms with Crippen molar-refractivity contribution in [1.29, 1.82) is 0 Å². The summed E-state index contributed by atoms with van der Waals surface area (Å²) in [6.07, 6.45) is 3.48. The van der Waals surface area contributed by atoms with Gasteiger partial charge < -0.3 is 14.4 Å². The molecule has 0 aliphatic carbocycles. The number of aryl methyl sites for hydroxylation is 1. The maximum absolute atomic E-state index is 10.0. The molecule has 94 valence electrons. The van der Waals surface area contributed by atoms with E-state index in [-0.39, 0.29) is 5.75 Å². The molecule has 0 atom stereocenters. The van der Waals surface area contributed by atoms with Crippen LogP contribution in [0.1, 0.15) is 17.0 Å². The van der Waals surface area contributed by atoms with Crippen LogP contribution >= 0.6 is 15.9 Å². The third-order valence-electron chi connectivity index (χ3n) is 2.39. The third kappa shape index (κ3) is 2.56.